The van der Waals surface area contributed by atoms with E-state index in [2.05, 4.69) is 126 Å². The van der Waals surface area contributed by atoms with Crippen LogP contribution in [0.2, 0.25) is 0 Å². The average molecular weight is 403 g/mol. The number of rotatable bonds is 5. The van der Waals surface area contributed by atoms with Crippen LogP contribution in [0.25, 0.3) is 10.8 Å². The van der Waals surface area contributed by atoms with Crippen LogP contribution in [0.5, 0.6) is 0 Å². The summed E-state index contributed by atoms with van der Waals surface area (Å²) in [5.41, 5.74) is 7.18. The minimum absolute atomic E-state index is 1.04. The molecule has 1 aliphatic carbocycles. The third kappa shape index (κ3) is 4.10. The molecule has 0 atom stereocenters. The summed E-state index contributed by atoms with van der Waals surface area (Å²) in [5, 5.41) is 6.07. The Morgan fingerprint density at radius 1 is 0.742 bits per heavy atom. The molecule has 0 saturated carbocycles. The number of nitrogens with one attached hydrogen (secondary N) is 1. The number of fused-ring (bicyclic) bond motifs is 1. The van der Waals surface area contributed by atoms with Gasteiger partial charge in [-0.3, -0.25) is 0 Å². The predicted octanol–water partition coefficient (Wildman–Crippen LogP) is 8.26. The molecule has 0 radical (unpaired) electrons. The first kappa shape index (κ1) is 19.2. The number of hydrogen-bond acceptors (Lipinski definition) is 2. The van der Waals surface area contributed by atoms with Crippen LogP contribution in [0, 0.1) is 6.92 Å². The Bertz CT molecular complexity index is 1240. The maximum atomic E-state index is 3.60. The molecule has 1 aliphatic rings. The smallest absolute Gasteiger partial charge is 0.0463 e. The molecule has 0 unspecified atom stereocenters. The van der Waals surface area contributed by atoms with Gasteiger partial charge in [-0.1, -0.05) is 66.2 Å². The molecule has 4 aromatic rings. The summed E-state index contributed by atoms with van der Waals surface area (Å²) in [5.74, 6) is 0. The van der Waals surface area contributed by atoms with Gasteiger partial charge < -0.3 is 10.2 Å². The summed E-state index contributed by atoms with van der Waals surface area (Å²) >= 11 is 0. The molecule has 5 rings (SSSR count). The highest BCUT2D eigenvalue weighted by Gasteiger charge is 2.15. The predicted molar refractivity (Wildman–Crippen MR) is 133 cm³/mol. The van der Waals surface area contributed by atoms with Crippen molar-refractivity contribution < 1.29 is 0 Å². The van der Waals surface area contributed by atoms with Crippen LogP contribution in [0.3, 0.4) is 0 Å². The van der Waals surface area contributed by atoms with Gasteiger partial charge in [-0.05, 0) is 73.7 Å². The Morgan fingerprint density at radius 3 is 2.19 bits per heavy atom. The van der Waals surface area contributed by atoms with Gasteiger partial charge in [0.15, 0.2) is 0 Å². The van der Waals surface area contributed by atoms with E-state index in [0.29, 0.717) is 0 Å². The first-order valence-electron chi connectivity index (χ1n) is 10.9. The standard InChI is InChI=1S/C29H26N2/c1-22-14-18-26(19-15-22)31(25-10-3-2-4-11-25)27-20-16-24(17-21-27)30-29-13-7-9-23-8-5-6-12-28(23)29/h2-3,5-10,12-21,30H,4,11H2,1H3. The highest BCUT2D eigenvalue weighted by molar-refractivity contribution is 5.95. The Kier molecular flexibility index (Phi) is 5.28. The van der Waals surface area contributed by atoms with Gasteiger partial charge in [0, 0.05) is 33.8 Å². The molecule has 0 bridgehead atoms. The first-order valence-corrected chi connectivity index (χ1v) is 10.9. The largest absolute Gasteiger partial charge is 0.355 e. The molecule has 1 N–H and O–H groups in total. The molecule has 31 heavy (non-hydrogen) atoms. The van der Waals surface area contributed by atoms with Crippen molar-refractivity contribution in [2.75, 3.05) is 10.2 Å². The summed E-state index contributed by atoms with van der Waals surface area (Å²) in [6.45, 7) is 2.13. The van der Waals surface area contributed by atoms with E-state index in [9.17, 15) is 0 Å². The van der Waals surface area contributed by atoms with Crippen LogP contribution < -0.4 is 10.2 Å². The Morgan fingerprint density at radius 2 is 1.45 bits per heavy atom. The van der Waals surface area contributed by atoms with E-state index in [4.69, 9.17) is 0 Å². The fourth-order valence-electron chi connectivity index (χ4n) is 4.13. The van der Waals surface area contributed by atoms with Crippen molar-refractivity contribution in [1.82, 2.24) is 0 Å². The van der Waals surface area contributed by atoms with E-state index < -0.39 is 0 Å². The van der Waals surface area contributed by atoms with Crippen molar-refractivity contribution in [2.24, 2.45) is 0 Å². The second-order valence-corrected chi connectivity index (χ2v) is 7.99. The van der Waals surface area contributed by atoms with Gasteiger partial charge in [-0.25, -0.2) is 0 Å². The summed E-state index contributed by atoms with van der Waals surface area (Å²) in [6, 6.07) is 32.4. The number of aryl methyl sites for hydroxylation is 1. The van der Waals surface area contributed by atoms with Crippen molar-refractivity contribution >= 4 is 33.5 Å². The molecule has 0 aromatic heterocycles. The monoisotopic (exact) mass is 402 g/mol. The van der Waals surface area contributed by atoms with E-state index in [1.54, 1.807) is 0 Å². The molecule has 0 saturated heterocycles. The van der Waals surface area contributed by atoms with Crippen LogP contribution in [-0.4, -0.2) is 0 Å². The van der Waals surface area contributed by atoms with Gasteiger partial charge in [0.25, 0.3) is 0 Å². The lowest BCUT2D eigenvalue weighted by atomic mass is 10.1. The van der Waals surface area contributed by atoms with Crippen LogP contribution in [0.15, 0.2) is 115 Å². The van der Waals surface area contributed by atoms with Gasteiger partial charge in [0.05, 0.1) is 0 Å². The van der Waals surface area contributed by atoms with Gasteiger partial charge in [0.2, 0.25) is 0 Å². The normalized spacial score (nSPS) is 13.1. The summed E-state index contributed by atoms with van der Waals surface area (Å²) in [4.78, 5) is 2.37. The van der Waals surface area contributed by atoms with Crippen LogP contribution in [0.4, 0.5) is 22.7 Å². The molecule has 0 amide bonds. The number of nitrogens with zero attached hydrogens (tertiary/aromatic N) is 1. The van der Waals surface area contributed by atoms with Crippen molar-refractivity contribution in [3.63, 3.8) is 0 Å². The highest BCUT2D eigenvalue weighted by atomic mass is 15.1. The van der Waals surface area contributed by atoms with Gasteiger partial charge >= 0.3 is 0 Å². The minimum atomic E-state index is 1.04. The van der Waals surface area contributed by atoms with Crippen molar-refractivity contribution in [3.05, 3.63) is 120 Å². The van der Waals surface area contributed by atoms with Crippen LogP contribution in [0.1, 0.15) is 18.4 Å². The van der Waals surface area contributed by atoms with E-state index in [-0.39, 0.29) is 0 Å². The van der Waals surface area contributed by atoms with Gasteiger partial charge in [-0.2, -0.15) is 0 Å². The minimum Gasteiger partial charge on any atom is -0.355 e. The summed E-state index contributed by atoms with van der Waals surface area (Å²) in [6.07, 6.45) is 8.74. The second-order valence-electron chi connectivity index (χ2n) is 7.99. The molecule has 0 aliphatic heterocycles. The number of anilines is 4. The van der Waals surface area contributed by atoms with Crippen molar-refractivity contribution in [2.45, 2.75) is 19.8 Å². The summed E-state index contributed by atoms with van der Waals surface area (Å²) < 4.78 is 0. The maximum Gasteiger partial charge on any atom is 0.0463 e. The molecule has 2 nitrogen and oxygen atoms in total. The summed E-state index contributed by atoms with van der Waals surface area (Å²) in [7, 11) is 0. The molecule has 0 heterocycles. The second kappa shape index (κ2) is 8.53. The van der Waals surface area contributed by atoms with Gasteiger partial charge in [0.1, 0.15) is 0 Å². The fraction of sp³-hybridized carbons (Fsp3) is 0.103. The SMILES string of the molecule is Cc1ccc(N(C2=CC=CCC2)c2ccc(Nc3cccc4ccccc34)cc2)cc1. The molecule has 4 aromatic carbocycles. The maximum absolute atomic E-state index is 3.60. The third-order valence-corrected chi connectivity index (χ3v) is 5.77. The van der Waals surface area contributed by atoms with Crippen molar-refractivity contribution in [3.8, 4) is 0 Å². The number of allylic oxidation sites excluding steroid dienone is 4. The zero-order chi connectivity index (χ0) is 21.0. The van der Waals surface area contributed by atoms with E-state index in [0.717, 1.165) is 24.2 Å². The van der Waals surface area contributed by atoms with Crippen LogP contribution in [-0.2, 0) is 0 Å². The topological polar surface area (TPSA) is 15.3 Å². The van der Waals surface area contributed by atoms with Gasteiger partial charge in [-0.15, -0.1) is 0 Å². The average Bonchev–Trinajstić information content (AvgIpc) is 2.83. The highest BCUT2D eigenvalue weighted by Crippen LogP contribution is 2.34. The first-order chi connectivity index (χ1) is 15.3. The molecule has 2 heteroatoms. The molecule has 0 spiro atoms. The lowest BCUT2D eigenvalue weighted by molar-refractivity contribution is 0.917. The molecular weight excluding hydrogens is 376 g/mol. The number of hydrogen-bond donors (Lipinski definition) is 1. The Balaban J connectivity index is 1.47. The van der Waals surface area contributed by atoms with Crippen molar-refractivity contribution in [1.29, 1.82) is 0 Å². The lowest BCUT2D eigenvalue weighted by Crippen LogP contribution is -2.17. The molecule has 152 valence electrons. The van der Waals surface area contributed by atoms with E-state index in [1.807, 2.05) is 0 Å². The number of benzene rings is 4. The zero-order valence-corrected chi connectivity index (χ0v) is 17.8. The van der Waals surface area contributed by atoms with Crippen LogP contribution >= 0.6 is 0 Å². The third-order valence-electron chi connectivity index (χ3n) is 5.77. The zero-order valence-electron chi connectivity index (χ0n) is 17.8. The van der Waals surface area contributed by atoms with E-state index >= 15 is 0 Å². The lowest BCUT2D eigenvalue weighted by Gasteiger charge is -2.29. The quantitative estimate of drug-likeness (QED) is 0.361. The Hall–Kier alpha value is -3.78. The Labute approximate surface area is 184 Å². The fourth-order valence-corrected chi connectivity index (χ4v) is 4.13. The molecule has 0 fully saturated rings. The van der Waals surface area contributed by atoms with E-state index in [1.165, 1.54) is 33.4 Å². The molecular formula is C29H26N2.